The Morgan fingerprint density at radius 3 is 2.42 bits per heavy atom. The number of carbonyl (C=O) groups excluding carboxylic acids is 1. The Hall–Kier alpha value is -1.45. The highest BCUT2D eigenvalue weighted by atomic mass is 79.9. The van der Waals surface area contributed by atoms with Crippen molar-refractivity contribution in [1.82, 2.24) is 0 Å². The summed E-state index contributed by atoms with van der Waals surface area (Å²) >= 11 is 3.47. The first-order valence-electron chi connectivity index (χ1n) is 6.17. The molecular formula is C16H15BrO2. The number of hydrogen-bond donors (Lipinski definition) is 0. The van der Waals surface area contributed by atoms with E-state index in [1.165, 1.54) is 0 Å². The van der Waals surface area contributed by atoms with Crippen LogP contribution in [0.2, 0.25) is 0 Å². The molecular weight excluding hydrogens is 304 g/mol. The minimum atomic E-state index is 0.118. The van der Waals surface area contributed by atoms with Crippen LogP contribution in [0.4, 0.5) is 0 Å². The van der Waals surface area contributed by atoms with Crippen LogP contribution in [0.25, 0.3) is 0 Å². The number of halogens is 1. The number of rotatable bonds is 6. The second-order valence-electron chi connectivity index (χ2n) is 4.18. The molecule has 0 aromatic heterocycles. The molecule has 2 nitrogen and oxygen atoms in total. The van der Waals surface area contributed by atoms with Gasteiger partial charge in [-0.3, -0.25) is 4.79 Å². The zero-order valence-electron chi connectivity index (χ0n) is 10.5. The Bertz CT molecular complexity index is 537. The van der Waals surface area contributed by atoms with Gasteiger partial charge in [-0.15, -0.1) is 0 Å². The number of Topliss-reactive ketones (excluding diaryl/α,β-unsaturated/α-hetero) is 1. The molecule has 2 aromatic rings. The van der Waals surface area contributed by atoms with E-state index in [9.17, 15) is 4.79 Å². The van der Waals surface area contributed by atoms with Crippen molar-refractivity contribution in [2.45, 2.75) is 13.0 Å². The minimum absolute atomic E-state index is 0.118. The van der Waals surface area contributed by atoms with Crippen LogP contribution in [0.3, 0.4) is 0 Å². The van der Waals surface area contributed by atoms with Gasteiger partial charge in [-0.05, 0) is 11.6 Å². The molecule has 0 saturated heterocycles. The highest BCUT2D eigenvalue weighted by molar-refractivity contribution is 9.10. The lowest BCUT2D eigenvalue weighted by Gasteiger charge is -2.06. The lowest BCUT2D eigenvalue weighted by molar-refractivity contribution is 0.0847. The van der Waals surface area contributed by atoms with Gasteiger partial charge in [0, 0.05) is 16.5 Å². The van der Waals surface area contributed by atoms with Crippen molar-refractivity contribution in [2.24, 2.45) is 0 Å². The fraction of sp³-hybridized carbons (Fsp3) is 0.188. The van der Waals surface area contributed by atoms with Crippen LogP contribution in [0.15, 0.2) is 59.1 Å². The van der Waals surface area contributed by atoms with Crippen LogP contribution in [-0.4, -0.2) is 12.4 Å². The second-order valence-corrected chi connectivity index (χ2v) is 5.04. The Morgan fingerprint density at radius 2 is 1.68 bits per heavy atom. The molecule has 98 valence electrons. The third-order valence-electron chi connectivity index (χ3n) is 2.78. The van der Waals surface area contributed by atoms with E-state index in [2.05, 4.69) is 15.9 Å². The van der Waals surface area contributed by atoms with E-state index in [-0.39, 0.29) is 5.78 Å². The molecule has 0 fully saturated rings. The Kier molecular flexibility index (Phi) is 5.31. The van der Waals surface area contributed by atoms with E-state index in [1.807, 2.05) is 54.6 Å². The molecule has 0 aliphatic carbocycles. The summed E-state index contributed by atoms with van der Waals surface area (Å²) in [7, 11) is 0. The van der Waals surface area contributed by atoms with Crippen LogP contribution in [0, 0.1) is 0 Å². The van der Waals surface area contributed by atoms with Gasteiger partial charge in [-0.25, -0.2) is 0 Å². The van der Waals surface area contributed by atoms with Gasteiger partial charge in [-0.1, -0.05) is 64.5 Å². The molecule has 3 heteroatoms. The Balaban J connectivity index is 1.76. The standard InChI is InChI=1S/C16H15BrO2/c17-15-9-5-4-8-14(15)12-19-11-10-16(18)13-6-2-1-3-7-13/h1-9H,10-12H2. The van der Waals surface area contributed by atoms with Gasteiger partial charge in [0.05, 0.1) is 13.2 Å². The van der Waals surface area contributed by atoms with Crippen molar-refractivity contribution in [3.63, 3.8) is 0 Å². The van der Waals surface area contributed by atoms with Gasteiger partial charge >= 0.3 is 0 Å². The topological polar surface area (TPSA) is 26.3 Å². The molecule has 0 heterocycles. The summed E-state index contributed by atoms with van der Waals surface area (Å²) in [6, 6.07) is 17.2. The average Bonchev–Trinajstić information content (AvgIpc) is 2.46. The molecule has 0 saturated carbocycles. The molecule has 0 radical (unpaired) electrons. The number of ether oxygens (including phenoxy) is 1. The SMILES string of the molecule is O=C(CCOCc1ccccc1Br)c1ccccc1. The van der Waals surface area contributed by atoms with Crippen LogP contribution in [0.1, 0.15) is 22.3 Å². The first-order valence-corrected chi connectivity index (χ1v) is 6.96. The van der Waals surface area contributed by atoms with E-state index in [1.54, 1.807) is 0 Å². The summed E-state index contributed by atoms with van der Waals surface area (Å²) in [6.45, 7) is 0.957. The van der Waals surface area contributed by atoms with Crippen molar-refractivity contribution >= 4 is 21.7 Å². The lowest BCUT2D eigenvalue weighted by Crippen LogP contribution is -2.05. The predicted octanol–water partition coefficient (Wildman–Crippen LogP) is 4.24. The Labute approximate surface area is 121 Å². The van der Waals surface area contributed by atoms with E-state index >= 15 is 0 Å². The molecule has 0 atom stereocenters. The number of hydrogen-bond acceptors (Lipinski definition) is 2. The first kappa shape index (κ1) is 14.0. The van der Waals surface area contributed by atoms with Crippen molar-refractivity contribution in [3.05, 3.63) is 70.2 Å². The predicted molar refractivity (Wildman–Crippen MR) is 79.2 cm³/mol. The Morgan fingerprint density at radius 1 is 1.00 bits per heavy atom. The summed E-state index contributed by atoms with van der Waals surface area (Å²) in [6.07, 6.45) is 0.411. The van der Waals surface area contributed by atoms with Crippen LogP contribution in [0.5, 0.6) is 0 Å². The van der Waals surface area contributed by atoms with Gasteiger partial charge in [-0.2, -0.15) is 0 Å². The molecule has 0 amide bonds. The lowest BCUT2D eigenvalue weighted by atomic mass is 10.1. The quantitative estimate of drug-likeness (QED) is 0.588. The third kappa shape index (κ3) is 4.30. The highest BCUT2D eigenvalue weighted by Gasteiger charge is 2.05. The van der Waals surface area contributed by atoms with Gasteiger partial charge in [0.15, 0.2) is 5.78 Å². The van der Waals surface area contributed by atoms with Crippen molar-refractivity contribution < 1.29 is 9.53 Å². The van der Waals surface area contributed by atoms with Gasteiger partial charge in [0.2, 0.25) is 0 Å². The van der Waals surface area contributed by atoms with Gasteiger partial charge < -0.3 is 4.74 Å². The third-order valence-corrected chi connectivity index (χ3v) is 3.56. The first-order chi connectivity index (χ1) is 9.27. The fourth-order valence-corrected chi connectivity index (χ4v) is 2.13. The van der Waals surface area contributed by atoms with Gasteiger partial charge in [0.1, 0.15) is 0 Å². The summed E-state index contributed by atoms with van der Waals surface area (Å²) in [4.78, 5) is 11.8. The highest BCUT2D eigenvalue weighted by Crippen LogP contribution is 2.16. The maximum absolute atomic E-state index is 11.8. The molecule has 0 spiro atoms. The molecule has 2 aromatic carbocycles. The molecule has 0 aliphatic rings. The van der Waals surface area contributed by atoms with Gasteiger partial charge in [0.25, 0.3) is 0 Å². The molecule has 0 aliphatic heterocycles. The minimum Gasteiger partial charge on any atom is -0.376 e. The zero-order chi connectivity index (χ0) is 13.5. The van der Waals surface area contributed by atoms with Crippen LogP contribution in [-0.2, 0) is 11.3 Å². The van der Waals surface area contributed by atoms with Crippen LogP contribution >= 0.6 is 15.9 Å². The largest absolute Gasteiger partial charge is 0.376 e. The molecule has 0 unspecified atom stereocenters. The zero-order valence-corrected chi connectivity index (χ0v) is 12.1. The summed E-state index contributed by atoms with van der Waals surface area (Å²) in [5, 5.41) is 0. The van der Waals surface area contributed by atoms with Crippen molar-refractivity contribution in [3.8, 4) is 0 Å². The number of benzene rings is 2. The summed E-state index contributed by atoms with van der Waals surface area (Å²) < 4.78 is 6.57. The van der Waals surface area contributed by atoms with E-state index in [0.717, 1.165) is 15.6 Å². The van der Waals surface area contributed by atoms with E-state index in [0.29, 0.717) is 19.6 Å². The maximum atomic E-state index is 11.8. The number of ketones is 1. The van der Waals surface area contributed by atoms with Crippen LogP contribution < -0.4 is 0 Å². The second kappa shape index (κ2) is 7.22. The van der Waals surface area contributed by atoms with Crippen molar-refractivity contribution in [2.75, 3.05) is 6.61 Å². The smallest absolute Gasteiger partial charge is 0.165 e. The summed E-state index contributed by atoms with van der Waals surface area (Å²) in [5.74, 6) is 0.118. The molecule has 2 rings (SSSR count). The number of carbonyl (C=O) groups is 1. The van der Waals surface area contributed by atoms with E-state index in [4.69, 9.17) is 4.74 Å². The molecule has 0 N–H and O–H groups in total. The summed E-state index contributed by atoms with van der Waals surface area (Å²) in [5.41, 5.74) is 1.83. The van der Waals surface area contributed by atoms with E-state index < -0.39 is 0 Å². The maximum Gasteiger partial charge on any atom is 0.165 e. The molecule has 0 bridgehead atoms. The monoisotopic (exact) mass is 318 g/mol. The van der Waals surface area contributed by atoms with Crippen molar-refractivity contribution in [1.29, 1.82) is 0 Å². The molecule has 19 heavy (non-hydrogen) atoms. The normalized spacial score (nSPS) is 10.4. The fourth-order valence-electron chi connectivity index (χ4n) is 1.73. The average molecular weight is 319 g/mol.